The van der Waals surface area contributed by atoms with Gasteiger partial charge in [-0.15, -0.1) is 0 Å². The number of aromatic nitrogens is 2. The van der Waals surface area contributed by atoms with Gasteiger partial charge in [0, 0.05) is 18.2 Å². The molecule has 0 unspecified atom stereocenters. The molecule has 0 saturated heterocycles. The van der Waals surface area contributed by atoms with Crippen molar-refractivity contribution >= 4 is 23.3 Å². The Labute approximate surface area is 185 Å². The van der Waals surface area contributed by atoms with Crippen LogP contribution in [0.2, 0.25) is 0 Å². The summed E-state index contributed by atoms with van der Waals surface area (Å²) in [5.41, 5.74) is 8.95. The van der Waals surface area contributed by atoms with Gasteiger partial charge in [0.15, 0.2) is 11.5 Å². The molecule has 0 atom stereocenters. The van der Waals surface area contributed by atoms with Crippen molar-refractivity contribution in [3.05, 3.63) is 46.9 Å². The number of amides is 2. The van der Waals surface area contributed by atoms with Gasteiger partial charge in [0.2, 0.25) is 5.91 Å². The Morgan fingerprint density at radius 1 is 1.22 bits per heavy atom. The van der Waals surface area contributed by atoms with E-state index in [9.17, 15) is 9.59 Å². The van der Waals surface area contributed by atoms with Crippen LogP contribution in [0.4, 0.5) is 11.5 Å². The van der Waals surface area contributed by atoms with E-state index in [2.05, 4.69) is 20.6 Å². The first-order chi connectivity index (χ1) is 15.2. The molecular formula is C21H28N6O5. The Bertz CT molecular complexity index is 987. The van der Waals surface area contributed by atoms with Crippen LogP contribution in [-0.4, -0.2) is 56.3 Å². The molecule has 0 radical (unpaired) electrons. The van der Waals surface area contributed by atoms with E-state index in [4.69, 9.17) is 21.1 Å². The summed E-state index contributed by atoms with van der Waals surface area (Å²) in [6.07, 6.45) is 0.193. The lowest BCUT2D eigenvalue weighted by Gasteiger charge is -2.15. The zero-order chi connectivity index (χ0) is 23.3. The Morgan fingerprint density at radius 3 is 2.59 bits per heavy atom. The van der Waals surface area contributed by atoms with E-state index in [1.165, 1.54) is 0 Å². The Kier molecular flexibility index (Phi) is 7.36. The number of rotatable bonds is 11. The van der Waals surface area contributed by atoms with E-state index in [0.717, 1.165) is 29.8 Å². The number of hydrogen-bond acceptors (Lipinski definition) is 9. The highest BCUT2D eigenvalue weighted by Gasteiger charge is 2.30. The van der Waals surface area contributed by atoms with E-state index in [1.807, 2.05) is 36.5 Å². The summed E-state index contributed by atoms with van der Waals surface area (Å²) in [7, 11) is 0. The number of carbonyl (C=O) groups is 2. The van der Waals surface area contributed by atoms with Gasteiger partial charge in [-0.3, -0.25) is 9.59 Å². The van der Waals surface area contributed by atoms with Gasteiger partial charge in [0.25, 0.3) is 5.91 Å². The second kappa shape index (κ2) is 10.0. The second-order valence-electron chi connectivity index (χ2n) is 7.66. The number of anilines is 2. The topological polar surface area (TPSA) is 183 Å². The third kappa shape index (κ3) is 6.69. The lowest BCUT2D eigenvalue weighted by molar-refractivity contribution is -0.330. The highest BCUT2D eigenvalue weighted by atomic mass is 16.7. The molecule has 2 amide bonds. The van der Waals surface area contributed by atoms with Crippen LogP contribution in [0.3, 0.4) is 0 Å². The van der Waals surface area contributed by atoms with Crippen LogP contribution in [0.5, 0.6) is 0 Å². The van der Waals surface area contributed by atoms with Gasteiger partial charge in [-0.05, 0) is 43.4 Å². The second-order valence-corrected chi connectivity index (χ2v) is 7.66. The smallest absolute Gasteiger partial charge is 0.343 e. The van der Waals surface area contributed by atoms with Crippen molar-refractivity contribution in [2.75, 3.05) is 18.4 Å². The van der Waals surface area contributed by atoms with Gasteiger partial charge in [-0.1, -0.05) is 19.1 Å². The molecule has 11 heteroatoms. The third-order valence-electron chi connectivity index (χ3n) is 4.94. The summed E-state index contributed by atoms with van der Waals surface area (Å²) >= 11 is 0. The number of aryl methyl sites for hydroxylation is 1. The molecule has 0 aliphatic heterocycles. The normalized spacial score (nSPS) is 13.6. The van der Waals surface area contributed by atoms with Crippen LogP contribution in [-0.2, 0) is 17.6 Å². The summed E-state index contributed by atoms with van der Waals surface area (Å²) < 4.78 is 0. The average molecular weight is 444 g/mol. The van der Waals surface area contributed by atoms with E-state index in [1.54, 1.807) is 0 Å². The van der Waals surface area contributed by atoms with Crippen molar-refractivity contribution in [3.8, 4) is 0 Å². The Balaban J connectivity index is 1.66. The maximum absolute atomic E-state index is 12.0. The zero-order valence-electron chi connectivity index (χ0n) is 17.8. The maximum atomic E-state index is 12.0. The largest absolute Gasteiger partial charge is 0.364 e. The SMILES string of the molecule is CCc1nc(C(N)=O)c(Nc2cccc(CCNC(=O)CNC(O)(O)O)c2)nc1C1CC1. The number of hydrogen-bond donors (Lipinski definition) is 7. The molecule has 172 valence electrons. The highest BCUT2D eigenvalue weighted by Crippen LogP contribution is 2.41. The highest BCUT2D eigenvalue weighted by molar-refractivity contribution is 5.96. The first-order valence-electron chi connectivity index (χ1n) is 10.4. The summed E-state index contributed by atoms with van der Waals surface area (Å²) in [4.78, 5) is 32.8. The molecule has 2 aromatic rings. The van der Waals surface area contributed by atoms with Gasteiger partial charge in [-0.25, -0.2) is 15.3 Å². The fourth-order valence-electron chi connectivity index (χ4n) is 3.23. The van der Waals surface area contributed by atoms with Crippen LogP contribution in [0.25, 0.3) is 0 Å². The van der Waals surface area contributed by atoms with Crippen molar-refractivity contribution in [2.24, 2.45) is 5.73 Å². The minimum atomic E-state index is -3.10. The molecule has 11 nitrogen and oxygen atoms in total. The molecule has 1 aromatic carbocycles. The molecule has 1 saturated carbocycles. The quantitative estimate of drug-likeness (QED) is 0.227. The molecule has 1 aliphatic carbocycles. The first-order valence-corrected chi connectivity index (χ1v) is 10.4. The maximum Gasteiger partial charge on any atom is 0.343 e. The van der Waals surface area contributed by atoms with Crippen LogP contribution in [0.15, 0.2) is 24.3 Å². The summed E-state index contributed by atoms with van der Waals surface area (Å²) in [6, 6.07) is 7.40. The van der Waals surface area contributed by atoms with Crippen LogP contribution >= 0.6 is 0 Å². The molecule has 0 spiro atoms. The first kappa shape index (κ1) is 23.5. The number of primary amides is 1. The van der Waals surface area contributed by atoms with E-state index in [0.29, 0.717) is 36.8 Å². The van der Waals surface area contributed by atoms with Gasteiger partial charge in [-0.2, -0.15) is 0 Å². The predicted molar refractivity (Wildman–Crippen MR) is 116 cm³/mol. The molecule has 8 N–H and O–H groups in total. The number of benzene rings is 1. The number of carbonyl (C=O) groups excluding carboxylic acids is 2. The van der Waals surface area contributed by atoms with Gasteiger partial charge in [0.05, 0.1) is 17.9 Å². The van der Waals surface area contributed by atoms with Crippen LogP contribution in [0, 0.1) is 0 Å². The van der Waals surface area contributed by atoms with Crippen molar-refractivity contribution in [3.63, 3.8) is 0 Å². The van der Waals surface area contributed by atoms with Gasteiger partial charge in [0.1, 0.15) is 0 Å². The summed E-state index contributed by atoms with van der Waals surface area (Å²) in [6.45, 7) is 1.80. The van der Waals surface area contributed by atoms with Crippen LogP contribution in [0.1, 0.15) is 53.1 Å². The molecule has 3 rings (SSSR count). The van der Waals surface area contributed by atoms with Crippen LogP contribution < -0.4 is 21.7 Å². The minimum Gasteiger partial charge on any atom is -0.364 e. The van der Waals surface area contributed by atoms with E-state index >= 15 is 0 Å². The fraction of sp³-hybridized carbons (Fsp3) is 0.429. The van der Waals surface area contributed by atoms with E-state index in [-0.39, 0.29) is 5.69 Å². The number of nitrogens with one attached hydrogen (secondary N) is 3. The summed E-state index contributed by atoms with van der Waals surface area (Å²) in [5.74, 6) is -0.460. The lowest BCUT2D eigenvalue weighted by Crippen LogP contribution is -2.49. The predicted octanol–water partition coefficient (Wildman–Crippen LogP) is -0.405. The van der Waals surface area contributed by atoms with Crippen molar-refractivity contribution < 1.29 is 24.9 Å². The van der Waals surface area contributed by atoms with Crippen molar-refractivity contribution in [1.82, 2.24) is 20.6 Å². The summed E-state index contributed by atoms with van der Waals surface area (Å²) in [5, 5.41) is 33.8. The minimum absolute atomic E-state index is 0.101. The van der Waals surface area contributed by atoms with E-state index < -0.39 is 24.5 Å². The van der Waals surface area contributed by atoms with Gasteiger partial charge < -0.3 is 31.7 Å². The number of aliphatic hydroxyl groups is 3. The van der Waals surface area contributed by atoms with Crippen molar-refractivity contribution in [1.29, 1.82) is 0 Å². The lowest BCUT2D eigenvalue weighted by atomic mass is 10.1. The Morgan fingerprint density at radius 2 is 1.97 bits per heavy atom. The standard InChI is InChI=1S/C21H28N6O5/c1-2-15-17(13-6-7-13)27-20(18(26-15)19(22)29)25-14-5-3-4-12(10-14)8-9-23-16(28)11-24-21(30,31)32/h3-5,10,13,24,30-32H,2,6-9,11H2,1H3,(H2,22,29)(H,23,28)(H,25,27). The third-order valence-corrected chi connectivity index (χ3v) is 4.94. The number of nitrogens with zero attached hydrogens (tertiary/aromatic N) is 2. The molecule has 1 fully saturated rings. The zero-order valence-corrected chi connectivity index (χ0v) is 17.8. The average Bonchev–Trinajstić information content (AvgIpc) is 3.57. The molecule has 32 heavy (non-hydrogen) atoms. The van der Waals surface area contributed by atoms with Gasteiger partial charge >= 0.3 is 6.10 Å². The number of nitrogens with two attached hydrogens (primary N) is 1. The molecule has 1 aromatic heterocycles. The fourth-order valence-corrected chi connectivity index (χ4v) is 3.23. The van der Waals surface area contributed by atoms with Crippen molar-refractivity contribution in [2.45, 2.75) is 44.6 Å². The monoisotopic (exact) mass is 444 g/mol. The Hall–Kier alpha value is -3.12. The molecule has 0 bridgehead atoms. The molecule has 1 heterocycles. The molecular weight excluding hydrogens is 416 g/mol. The molecule has 1 aliphatic rings.